The Morgan fingerprint density at radius 1 is 1.42 bits per heavy atom. The molecule has 1 aromatic carbocycles. The highest BCUT2D eigenvalue weighted by Gasteiger charge is 2.33. The highest BCUT2D eigenvalue weighted by Crippen LogP contribution is 2.30. The maximum Gasteiger partial charge on any atom is 0.309 e. The summed E-state index contributed by atoms with van der Waals surface area (Å²) in [5.74, 6) is -0.645. The standard InChI is InChI=1S/C14H16ClNO3/c1-8-11(15)4-3-5-12(8)16-13(17)9(2)19-14(18)10-6-7-10/h3-5,9-10H,6-7H2,1-2H3,(H,16,17)/t9-/m0/s1. The highest BCUT2D eigenvalue weighted by atomic mass is 35.5. The molecule has 4 nitrogen and oxygen atoms in total. The van der Waals surface area contributed by atoms with E-state index in [0.717, 1.165) is 18.4 Å². The van der Waals surface area contributed by atoms with Crippen LogP contribution in [0.15, 0.2) is 18.2 Å². The van der Waals surface area contributed by atoms with Crippen molar-refractivity contribution >= 4 is 29.2 Å². The van der Waals surface area contributed by atoms with E-state index in [4.69, 9.17) is 16.3 Å². The van der Waals surface area contributed by atoms with Crippen molar-refractivity contribution in [3.05, 3.63) is 28.8 Å². The molecule has 1 N–H and O–H groups in total. The maximum absolute atomic E-state index is 11.9. The number of halogens is 1. The normalized spacial score (nSPS) is 15.7. The number of rotatable bonds is 4. The van der Waals surface area contributed by atoms with Crippen molar-refractivity contribution in [1.82, 2.24) is 0 Å². The Labute approximate surface area is 117 Å². The van der Waals surface area contributed by atoms with Gasteiger partial charge in [0.2, 0.25) is 0 Å². The number of amides is 1. The predicted molar refractivity (Wildman–Crippen MR) is 73.1 cm³/mol. The first-order valence-electron chi connectivity index (χ1n) is 6.25. The molecular formula is C14H16ClNO3. The zero-order chi connectivity index (χ0) is 14.0. The molecule has 0 radical (unpaired) electrons. The molecule has 0 heterocycles. The van der Waals surface area contributed by atoms with Gasteiger partial charge in [0.1, 0.15) is 0 Å². The van der Waals surface area contributed by atoms with Crippen molar-refractivity contribution in [1.29, 1.82) is 0 Å². The molecule has 0 bridgehead atoms. The summed E-state index contributed by atoms with van der Waals surface area (Å²) in [4.78, 5) is 23.4. The summed E-state index contributed by atoms with van der Waals surface area (Å²) in [5.41, 5.74) is 1.42. The molecule has 1 atom stereocenters. The second-order valence-electron chi connectivity index (χ2n) is 4.76. The monoisotopic (exact) mass is 281 g/mol. The second-order valence-corrected chi connectivity index (χ2v) is 5.16. The van der Waals surface area contributed by atoms with Gasteiger partial charge in [-0.2, -0.15) is 0 Å². The molecule has 0 saturated heterocycles. The average molecular weight is 282 g/mol. The first-order chi connectivity index (χ1) is 8.99. The molecule has 1 fully saturated rings. The third-order valence-corrected chi connectivity index (χ3v) is 3.51. The van der Waals surface area contributed by atoms with Crippen molar-refractivity contribution < 1.29 is 14.3 Å². The Morgan fingerprint density at radius 3 is 2.74 bits per heavy atom. The van der Waals surface area contributed by atoms with E-state index < -0.39 is 6.10 Å². The van der Waals surface area contributed by atoms with Crippen LogP contribution in [0.4, 0.5) is 5.69 Å². The van der Waals surface area contributed by atoms with Gasteiger partial charge in [-0.25, -0.2) is 0 Å². The third kappa shape index (κ3) is 3.47. The molecule has 1 aliphatic rings. The van der Waals surface area contributed by atoms with Crippen LogP contribution in [-0.4, -0.2) is 18.0 Å². The van der Waals surface area contributed by atoms with Crippen LogP contribution in [0, 0.1) is 12.8 Å². The number of nitrogens with one attached hydrogen (secondary N) is 1. The third-order valence-electron chi connectivity index (χ3n) is 3.10. The number of ether oxygens (including phenoxy) is 1. The number of hydrogen-bond donors (Lipinski definition) is 1. The molecule has 102 valence electrons. The SMILES string of the molecule is Cc1c(Cl)cccc1NC(=O)[C@H](C)OC(=O)C1CC1. The zero-order valence-electron chi connectivity index (χ0n) is 10.9. The summed E-state index contributed by atoms with van der Waals surface area (Å²) in [7, 11) is 0. The average Bonchev–Trinajstić information content (AvgIpc) is 3.18. The van der Waals surface area contributed by atoms with Gasteiger partial charge < -0.3 is 10.1 Å². The highest BCUT2D eigenvalue weighted by molar-refractivity contribution is 6.31. The van der Waals surface area contributed by atoms with Gasteiger partial charge in [0.25, 0.3) is 5.91 Å². The minimum absolute atomic E-state index is 0.0110. The number of esters is 1. The number of benzene rings is 1. The van der Waals surface area contributed by atoms with Crippen molar-refractivity contribution in [2.24, 2.45) is 5.92 Å². The molecule has 1 amide bonds. The van der Waals surface area contributed by atoms with Crippen molar-refractivity contribution in [3.63, 3.8) is 0 Å². The Balaban J connectivity index is 1.95. The predicted octanol–water partition coefficient (Wildman–Crippen LogP) is 2.93. The topological polar surface area (TPSA) is 55.4 Å². The van der Waals surface area contributed by atoms with Gasteiger partial charge in [0, 0.05) is 10.7 Å². The Kier molecular flexibility index (Phi) is 4.10. The summed E-state index contributed by atoms with van der Waals surface area (Å²) in [6.07, 6.45) is 0.924. The van der Waals surface area contributed by atoms with Crippen LogP contribution in [0.2, 0.25) is 5.02 Å². The van der Waals surface area contributed by atoms with E-state index in [1.807, 2.05) is 6.92 Å². The van der Waals surface area contributed by atoms with Crippen LogP contribution in [0.1, 0.15) is 25.3 Å². The molecule has 1 saturated carbocycles. The second kappa shape index (κ2) is 5.61. The minimum Gasteiger partial charge on any atom is -0.452 e. The number of carbonyl (C=O) groups is 2. The van der Waals surface area contributed by atoms with E-state index in [1.165, 1.54) is 0 Å². The van der Waals surface area contributed by atoms with Gasteiger partial charge in [0.15, 0.2) is 6.10 Å². The van der Waals surface area contributed by atoms with Crippen LogP contribution in [-0.2, 0) is 14.3 Å². The van der Waals surface area contributed by atoms with Gasteiger partial charge in [-0.1, -0.05) is 17.7 Å². The lowest BCUT2D eigenvalue weighted by Crippen LogP contribution is -2.30. The van der Waals surface area contributed by atoms with Gasteiger partial charge >= 0.3 is 5.97 Å². The summed E-state index contributed by atoms with van der Waals surface area (Å²) in [5, 5.41) is 3.30. The quantitative estimate of drug-likeness (QED) is 0.864. The molecule has 0 aliphatic heterocycles. The molecule has 2 rings (SSSR count). The molecule has 1 aliphatic carbocycles. The number of hydrogen-bond acceptors (Lipinski definition) is 3. The molecule has 0 unspecified atom stereocenters. The first kappa shape index (κ1) is 13.9. The van der Waals surface area contributed by atoms with E-state index in [2.05, 4.69) is 5.32 Å². The van der Waals surface area contributed by atoms with Crippen LogP contribution in [0.5, 0.6) is 0 Å². The largest absolute Gasteiger partial charge is 0.452 e. The maximum atomic E-state index is 11.9. The van der Waals surface area contributed by atoms with Crippen molar-refractivity contribution in [2.45, 2.75) is 32.8 Å². The molecule has 19 heavy (non-hydrogen) atoms. The fourth-order valence-corrected chi connectivity index (χ4v) is 1.79. The van der Waals surface area contributed by atoms with Crippen molar-refractivity contribution in [2.75, 3.05) is 5.32 Å². The van der Waals surface area contributed by atoms with E-state index >= 15 is 0 Å². The fourth-order valence-electron chi connectivity index (χ4n) is 1.62. The number of anilines is 1. The Morgan fingerprint density at radius 2 is 2.11 bits per heavy atom. The lowest BCUT2D eigenvalue weighted by Gasteiger charge is -2.15. The molecule has 0 aromatic heterocycles. The Bertz CT molecular complexity index is 511. The van der Waals surface area contributed by atoms with Crippen LogP contribution in [0.25, 0.3) is 0 Å². The zero-order valence-corrected chi connectivity index (χ0v) is 11.7. The fraction of sp³-hybridized carbons (Fsp3) is 0.429. The van der Waals surface area contributed by atoms with Gasteiger partial charge in [-0.05, 0) is 44.4 Å². The van der Waals surface area contributed by atoms with Gasteiger partial charge in [-0.3, -0.25) is 9.59 Å². The van der Waals surface area contributed by atoms with Gasteiger partial charge in [-0.15, -0.1) is 0 Å². The molecule has 0 spiro atoms. The van der Waals surface area contributed by atoms with Crippen LogP contribution in [0.3, 0.4) is 0 Å². The lowest BCUT2D eigenvalue weighted by atomic mass is 10.2. The lowest BCUT2D eigenvalue weighted by molar-refractivity contribution is -0.154. The van der Waals surface area contributed by atoms with Crippen LogP contribution >= 0.6 is 11.6 Å². The van der Waals surface area contributed by atoms with Gasteiger partial charge in [0.05, 0.1) is 5.92 Å². The number of carbonyl (C=O) groups excluding carboxylic acids is 2. The Hall–Kier alpha value is -1.55. The smallest absolute Gasteiger partial charge is 0.309 e. The van der Waals surface area contributed by atoms with E-state index in [-0.39, 0.29) is 17.8 Å². The minimum atomic E-state index is -0.800. The van der Waals surface area contributed by atoms with Crippen molar-refractivity contribution in [3.8, 4) is 0 Å². The molecule has 5 heteroatoms. The van der Waals surface area contributed by atoms with E-state index in [1.54, 1.807) is 25.1 Å². The first-order valence-corrected chi connectivity index (χ1v) is 6.63. The molecule has 1 aromatic rings. The summed E-state index contributed by atoms with van der Waals surface area (Å²) in [6, 6.07) is 5.27. The molecular weight excluding hydrogens is 266 g/mol. The van der Waals surface area contributed by atoms with E-state index in [9.17, 15) is 9.59 Å². The summed E-state index contributed by atoms with van der Waals surface area (Å²) in [6.45, 7) is 3.38. The summed E-state index contributed by atoms with van der Waals surface area (Å²) >= 11 is 5.97. The summed E-state index contributed by atoms with van der Waals surface area (Å²) < 4.78 is 5.09. The van der Waals surface area contributed by atoms with Crippen LogP contribution < -0.4 is 5.32 Å². The van der Waals surface area contributed by atoms with E-state index in [0.29, 0.717) is 10.7 Å².